The van der Waals surface area contributed by atoms with E-state index in [0.717, 1.165) is 23.4 Å². The van der Waals surface area contributed by atoms with Gasteiger partial charge in [0, 0.05) is 6.54 Å². The van der Waals surface area contributed by atoms with Gasteiger partial charge in [-0.3, -0.25) is 9.69 Å². The maximum Gasteiger partial charge on any atom is 0.234 e. The van der Waals surface area contributed by atoms with Crippen molar-refractivity contribution < 1.29 is 9.53 Å². The molecule has 212 valence electrons. The second-order valence-electron chi connectivity index (χ2n) is 10.3. The summed E-state index contributed by atoms with van der Waals surface area (Å²) in [4.78, 5) is 15.2. The molecule has 6 rings (SSSR count). The number of nitrogens with zero attached hydrogens (tertiary/aromatic N) is 5. The number of tetrazole rings is 1. The number of halogens is 2. The van der Waals surface area contributed by atoms with E-state index in [-0.39, 0.29) is 11.7 Å². The Labute approximate surface area is 253 Å². The summed E-state index contributed by atoms with van der Waals surface area (Å²) < 4.78 is 7.47. The maximum atomic E-state index is 12.8. The Morgan fingerprint density at radius 3 is 2.49 bits per heavy atom. The number of aromatic nitrogens is 4. The molecule has 1 N–H and O–H groups in total. The van der Waals surface area contributed by atoms with Gasteiger partial charge in [0.25, 0.3) is 0 Å². The molecule has 0 spiro atoms. The molecule has 2 fully saturated rings. The van der Waals surface area contributed by atoms with Crippen molar-refractivity contribution in [2.75, 3.05) is 37.3 Å². The minimum atomic E-state index is -0.218. The second kappa shape index (κ2) is 12.8. The van der Waals surface area contributed by atoms with Crippen LogP contribution < -0.4 is 10.1 Å². The van der Waals surface area contributed by atoms with Gasteiger partial charge in [0.15, 0.2) is 0 Å². The molecule has 0 bridgehead atoms. The quantitative estimate of drug-likeness (QED) is 0.189. The number of carbonyl (C=O) groups excluding carboxylic acids is 1. The van der Waals surface area contributed by atoms with Crippen molar-refractivity contribution in [3.05, 3.63) is 76.3 Å². The number of likely N-dealkylation sites (tertiary alicyclic amines) is 1. The van der Waals surface area contributed by atoms with Gasteiger partial charge in [-0.15, -0.1) is 5.10 Å². The zero-order valence-electron chi connectivity index (χ0n) is 22.4. The molecule has 0 radical (unpaired) electrons. The predicted octanol–water partition coefficient (Wildman–Crippen LogP) is 6.72. The molecule has 1 aliphatic carbocycles. The van der Waals surface area contributed by atoms with E-state index in [1.165, 1.54) is 56.1 Å². The van der Waals surface area contributed by atoms with E-state index in [2.05, 4.69) is 31.8 Å². The van der Waals surface area contributed by atoms with Gasteiger partial charge in [-0.25, -0.2) is 0 Å². The summed E-state index contributed by atoms with van der Waals surface area (Å²) in [6.07, 6.45) is 4.97. The highest BCUT2D eigenvalue weighted by atomic mass is 35.5. The molecule has 0 unspecified atom stereocenters. The highest BCUT2D eigenvalue weighted by Crippen LogP contribution is 2.41. The van der Waals surface area contributed by atoms with Crippen LogP contribution in [0.15, 0.2) is 65.8 Å². The number of ether oxygens (including phenoxy) is 1. The van der Waals surface area contributed by atoms with E-state index in [1.54, 1.807) is 4.68 Å². The summed E-state index contributed by atoms with van der Waals surface area (Å²) in [5.74, 6) is 1.34. The summed E-state index contributed by atoms with van der Waals surface area (Å²) >= 11 is 14.3. The number of thioether (sulfide) groups is 1. The van der Waals surface area contributed by atoms with Crippen LogP contribution in [-0.4, -0.2) is 63.0 Å². The fourth-order valence-corrected chi connectivity index (χ4v) is 6.12. The average molecular weight is 610 g/mol. The van der Waals surface area contributed by atoms with Gasteiger partial charge in [-0.2, -0.15) is 4.68 Å². The summed E-state index contributed by atoms with van der Waals surface area (Å²) in [5, 5.41) is 16.3. The molecule has 11 heteroatoms. The van der Waals surface area contributed by atoms with Crippen LogP contribution in [-0.2, 0) is 4.79 Å². The largest absolute Gasteiger partial charge is 0.492 e. The lowest BCUT2D eigenvalue weighted by molar-refractivity contribution is -0.113. The third-order valence-electron chi connectivity index (χ3n) is 7.33. The summed E-state index contributed by atoms with van der Waals surface area (Å²) in [7, 11) is 0. The van der Waals surface area contributed by atoms with Gasteiger partial charge < -0.3 is 10.1 Å². The van der Waals surface area contributed by atoms with Crippen LogP contribution >= 0.6 is 35.0 Å². The zero-order valence-corrected chi connectivity index (χ0v) is 24.8. The molecule has 1 aliphatic heterocycles. The van der Waals surface area contributed by atoms with Crippen LogP contribution in [0, 0.1) is 0 Å². The smallest absolute Gasteiger partial charge is 0.234 e. The molecule has 0 atom stereocenters. The monoisotopic (exact) mass is 608 g/mol. The molecule has 2 aliphatic rings. The average Bonchev–Trinajstić information content (AvgIpc) is 3.50. The van der Waals surface area contributed by atoms with E-state index in [0.29, 0.717) is 39.1 Å². The van der Waals surface area contributed by atoms with Crippen LogP contribution in [0.25, 0.3) is 16.8 Å². The van der Waals surface area contributed by atoms with Crippen LogP contribution in [0.2, 0.25) is 10.0 Å². The first-order valence-corrected chi connectivity index (χ1v) is 15.5. The minimum Gasteiger partial charge on any atom is -0.492 e. The number of anilines is 1. The minimum absolute atomic E-state index is 0.107. The van der Waals surface area contributed by atoms with E-state index in [1.807, 2.05) is 54.6 Å². The standard InChI is InChI=1S/C30H30Cl2N6O2S/c31-25-17-22(21-5-9-24(10-6-21)40-16-15-37-13-1-2-14-37)7-11-27(25)33-29(39)19-41-30-34-35-36-38(30)28-12-8-23(18-26(28)32)20-3-4-20/h5-12,17-18,20H,1-4,13-16,19H2,(H,33,39). The Kier molecular flexibility index (Phi) is 8.76. The summed E-state index contributed by atoms with van der Waals surface area (Å²) in [5.41, 5.74) is 4.43. The van der Waals surface area contributed by atoms with E-state index in [9.17, 15) is 4.79 Å². The SMILES string of the molecule is O=C(CSc1nnnn1-c1ccc(C2CC2)cc1Cl)Nc1ccc(-c2ccc(OCCN3CCCC3)cc2)cc1Cl. The summed E-state index contributed by atoms with van der Waals surface area (Å²) in [6.45, 7) is 3.99. The van der Waals surface area contributed by atoms with Crippen molar-refractivity contribution in [2.24, 2.45) is 0 Å². The summed E-state index contributed by atoms with van der Waals surface area (Å²) in [6, 6.07) is 19.5. The normalized spacial score (nSPS) is 15.3. The Bertz CT molecular complexity index is 1520. The molecule has 1 aromatic heterocycles. The molecular formula is C30H30Cl2N6O2S. The first kappa shape index (κ1) is 28.0. The molecule has 1 saturated heterocycles. The Morgan fingerprint density at radius 1 is 0.976 bits per heavy atom. The Balaban J connectivity index is 1.02. The van der Waals surface area contributed by atoms with Crippen LogP contribution in [0.5, 0.6) is 5.75 Å². The molecule has 3 aromatic carbocycles. The van der Waals surface area contributed by atoms with Crippen molar-refractivity contribution in [3.63, 3.8) is 0 Å². The van der Waals surface area contributed by atoms with Crippen molar-refractivity contribution in [3.8, 4) is 22.6 Å². The maximum absolute atomic E-state index is 12.8. The second-order valence-corrected chi connectivity index (χ2v) is 12.1. The lowest BCUT2D eigenvalue weighted by Crippen LogP contribution is -2.25. The highest BCUT2D eigenvalue weighted by molar-refractivity contribution is 7.99. The van der Waals surface area contributed by atoms with E-state index >= 15 is 0 Å². The number of benzene rings is 3. The first-order valence-electron chi connectivity index (χ1n) is 13.8. The number of hydrogen-bond donors (Lipinski definition) is 1. The number of hydrogen-bond acceptors (Lipinski definition) is 7. The van der Waals surface area contributed by atoms with Crippen molar-refractivity contribution in [1.29, 1.82) is 0 Å². The van der Waals surface area contributed by atoms with Gasteiger partial charge >= 0.3 is 0 Å². The highest BCUT2D eigenvalue weighted by Gasteiger charge is 2.24. The number of amides is 1. The number of nitrogens with one attached hydrogen (secondary N) is 1. The van der Waals surface area contributed by atoms with Gasteiger partial charge in [-0.1, -0.05) is 59.2 Å². The number of rotatable bonds is 11. The van der Waals surface area contributed by atoms with E-state index < -0.39 is 0 Å². The lowest BCUT2D eigenvalue weighted by Gasteiger charge is -2.15. The fourth-order valence-electron chi connectivity index (χ4n) is 4.94. The topological polar surface area (TPSA) is 85.2 Å². The Morgan fingerprint density at radius 2 is 1.76 bits per heavy atom. The molecule has 1 saturated carbocycles. The van der Waals surface area contributed by atoms with Crippen molar-refractivity contribution in [2.45, 2.75) is 36.8 Å². The van der Waals surface area contributed by atoms with Gasteiger partial charge in [0.2, 0.25) is 11.1 Å². The molecule has 8 nitrogen and oxygen atoms in total. The van der Waals surface area contributed by atoms with Crippen molar-refractivity contribution >= 4 is 46.6 Å². The van der Waals surface area contributed by atoms with Crippen LogP contribution in [0.4, 0.5) is 5.69 Å². The zero-order chi connectivity index (χ0) is 28.2. The fraction of sp³-hybridized carbons (Fsp3) is 0.333. The molecule has 4 aromatic rings. The van der Waals surface area contributed by atoms with Crippen molar-refractivity contribution in [1.82, 2.24) is 25.1 Å². The predicted molar refractivity (Wildman–Crippen MR) is 164 cm³/mol. The lowest BCUT2D eigenvalue weighted by atomic mass is 10.1. The van der Waals surface area contributed by atoms with Gasteiger partial charge in [0.05, 0.1) is 27.2 Å². The van der Waals surface area contributed by atoms with E-state index in [4.69, 9.17) is 27.9 Å². The van der Waals surface area contributed by atoms with Crippen LogP contribution in [0.3, 0.4) is 0 Å². The molecule has 1 amide bonds. The van der Waals surface area contributed by atoms with Crippen LogP contribution in [0.1, 0.15) is 37.2 Å². The first-order chi connectivity index (χ1) is 20.0. The van der Waals surface area contributed by atoms with Gasteiger partial charge in [-0.05, 0) is 108 Å². The molecule has 2 heterocycles. The number of carbonyl (C=O) groups is 1. The third-order valence-corrected chi connectivity index (χ3v) is 8.86. The molecule has 41 heavy (non-hydrogen) atoms. The van der Waals surface area contributed by atoms with Gasteiger partial charge in [0.1, 0.15) is 12.4 Å². The third kappa shape index (κ3) is 7.04. The Hall–Kier alpha value is -3.11. The molecular weight excluding hydrogens is 579 g/mol.